The van der Waals surface area contributed by atoms with Crippen LogP contribution in [0.4, 0.5) is 0 Å². The second kappa shape index (κ2) is 9.30. The molecule has 6 atom stereocenters. The fourth-order valence-electron chi connectivity index (χ4n) is 6.58. The summed E-state index contributed by atoms with van der Waals surface area (Å²) in [6.45, 7) is 12.5. The molecule has 3 fully saturated rings. The molecule has 0 aromatic heterocycles. The molecule has 3 saturated carbocycles. The lowest BCUT2D eigenvalue weighted by atomic mass is 9.60. The maximum atomic E-state index is 10.3. The molecule has 0 heterocycles. The Labute approximate surface area is 184 Å². The van der Waals surface area contributed by atoms with Crippen LogP contribution in [0, 0.1) is 23.2 Å². The van der Waals surface area contributed by atoms with Crippen molar-refractivity contribution in [3.8, 4) is 0 Å². The van der Waals surface area contributed by atoms with Gasteiger partial charge in [-0.15, -0.1) is 0 Å². The Morgan fingerprint density at radius 1 is 1.17 bits per heavy atom. The summed E-state index contributed by atoms with van der Waals surface area (Å²) in [6.07, 6.45) is 14.1. The van der Waals surface area contributed by atoms with Gasteiger partial charge < -0.3 is 15.3 Å². The van der Waals surface area contributed by atoms with Gasteiger partial charge in [0.1, 0.15) is 0 Å². The third-order valence-electron chi connectivity index (χ3n) is 8.62. The molecule has 0 aromatic carbocycles. The van der Waals surface area contributed by atoms with E-state index in [1.54, 1.807) is 19.4 Å². The molecule has 3 aliphatic rings. The molecule has 3 unspecified atom stereocenters. The van der Waals surface area contributed by atoms with E-state index in [1.165, 1.54) is 43.3 Å². The summed E-state index contributed by atoms with van der Waals surface area (Å²) in [7, 11) is 0. The van der Waals surface area contributed by atoms with Crippen molar-refractivity contribution in [3.63, 3.8) is 0 Å². The second-order valence-electron chi connectivity index (χ2n) is 11.3. The summed E-state index contributed by atoms with van der Waals surface area (Å²) >= 11 is 0. The minimum Gasteiger partial charge on any atom is -0.393 e. The molecule has 3 aliphatic carbocycles. The van der Waals surface area contributed by atoms with E-state index in [0.717, 1.165) is 25.7 Å². The van der Waals surface area contributed by atoms with Gasteiger partial charge in [0.15, 0.2) is 0 Å². The molecule has 170 valence electrons. The van der Waals surface area contributed by atoms with Crippen molar-refractivity contribution < 1.29 is 15.3 Å². The van der Waals surface area contributed by atoms with Crippen LogP contribution in [0.25, 0.3) is 0 Å². The molecule has 0 bridgehead atoms. The average Bonchev–Trinajstić information content (AvgIpc) is 3.03. The lowest BCUT2D eigenvalue weighted by Gasteiger charge is -2.44. The molecule has 0 amide bonds. The molecule has 3 heteroatoms. The van der Waals surface area contributed by atoms with Crippen LogP contribution in [0.2, 0.25) is 0 Å². The largest absolute Gasteiger partial charge is 0.393 e. The first-order valence-electron chi connectivity index (χ1n) is 12.2. The number of allylic oxidation sites excluding steroid dienone is 4. The topological polar surface area (TPSA) is 60.7 Å². The third-order valence-corrected chi connectivity index (χ3v) is 8.62. The van der Waals surface area contributed by atoms with Gasteiger partial charge in [0, 0.05) is 0 Å². The predicted octanol–water partition coefficient (Wildman–Crippen LogP) is 5.70. The van der Waals surface area contributed by atoms with Crippen molar-refractivity contribution in [1.82, 2.24) is 0 Å². The Bertz CT molecular complexity index is 683. The smallest absolute Gasteiger partial charge is 0.0849 e. The minimum absolute atomic E-state index is 0.215. The number of hydrogen-bond acceptors (Lipinski definition) is 3. The summed E-state index contributed by atoms with van der Waals surface area (Å²) in [5.74, 6) is 1.89. The van der Waals surface area contributed by atoms with Crippen molar-refractivity contribution in [2.45, 2.75) is 110 Å². The number of rotatable bonds is 6. The molecule has 30 heavy (non-hydrogen) atoms. The molecule has 3 nitrogen and oxygen atoms in total. The van der Waals surface area contributed by atoms with Gasteiger partial charge in [-0.05, 0) is 107 Å². The second-order valence-corrected chi connectivity index (χ2v) is 11.3. The van der Waals surface area contributed by atoms with Crippen LogP contribution in [0.1, 0.15) is 91.9 Å². The molecule has 0 saturated heterocycles. The predicted molar refractivity (Wildman–Crippen MR) is 124 cm³/mol. The molecular weight excluding hydrogens is 372 g/mol. The van der Waals surface area contributed by atoms with Crippen LogP contribution in [-0.4, -0.2) is 33.1 Å². The maximum absolute atomic E-state index is 10.3. The van der Waals surface area contributed by atoms with Crippen molar-refractivity contribution >= 4 is 0 Å². The minimum atomic E-state index is -1.02. The summed E-state index contributed by atoms with van der Waals surface area (Å²) in [5, 5.41) is 30.3. The summed E-state index contributed by atoms with van der Waals surface area (Å²) in [5.41, 5.74) is 3.34. The van der Waals surface area contributed by atoms with E-state index in [9.17, 15) is 15.3 Å². The van der Waals surface area contributed by atoms with Gasteiger partial charge in [-0.25, -0.2) is 0 Å². The molecular formula is C27H44O3. The van der Waals surface area contributed by atoms with Gasteiger partial charge in [0.2, 0.25) is 0 Å². The van der Waals surface area contributed by atoms with Crippen molar-refractivity contribution in [1.29, 1.82) is 0 Å². The van der Waals surface area contributed by atoms with Crippen molar-refractivity contribution in [3.05, 3.63) is 35.5 Å². The van der Waals surface area contributed by atoms with Gasteiger partial charge in [0.25, 0.3) is 0 Å². The van der Waals surface area contributed by atoms with E-state index in [1.807, 2.05) is 0 Å². The van der Waals surface area contributed by atoms with Crippen LogP contribution in [0.5, 0.6) is 0 Å². The Morgan fingerprint density at radius 3 is 2.60 bits per heavy atom. The van der Waals surface area contributed by atoms with Gasteiger partial charge in [-0.1, -0.05) is 43.7 Å². The first-order valence-corrected chi connectivity index (χ1v) is 12.2. The zero-order valence-corrected chi connectivity index (χ0v) is 19.7. The van der Waals surface area contributed by atoms with Crippen LogP contribution >= 0.6 is 0 Å². The van der Waals surface area contributed by atoms with Gasteiger partial charge in [-0.3, -0.25) is 0 Å². The highest BCUT2D eigenvalue weighted by atomic mass is 16.3. The highest BCUT2D eigenvalue weighted by Crippen LogP contribution is 2.60. The lowest BCUT2D eigenvalue weighted by molar-refractivity contribution is -0.0554. The van der Waals surface area contributed by atoms with Gasteiger partial charge in [0.05, 0.1) is 17.8 Å². The number of aliphatic hydroxyl groups excluding tert-OH is 2. The normalized spacial score (nSPS) is 37.4. The summed E-state index contributed by atoms with van der Waals surface area (Å²) in [4.78, 5) is 0. The van der Waals surface area contributed by atoms with E-state index in [4.69, 9.17) is 0 Å². The van der Waals surface area contributed by atoms with Gasteiger partial charge in [-0.2, -0.15) is 0 Å². The average molecular weight is 417 g/mol. The van der Waals surface area contributed by atoms with Crippen molar-refractivity contribution in [2.75, 3.05) is 0 Å². The molecule has 0 aromatic rings. The van der Waals surface area contributed by atoms with E-state index >= 15 is 0 Å². The Morgan fingerprint density at radius 2 is 1.90 bits per heavy atom. The number of aliphatic hydroxyl groups is 3. The van der Waals surface area contributed by atoms with Crippen LogP contribution in [0.3, 0.4) is 0 Å². The Kier molecular flexibility index (Phi) is 7.37. The fraction of sp³-hybridized carbons (Fsp3) is 0.778. The molecule has 0 radical (unpaired) electrons. The van der Waals surface area contributed by atoms with Crippen LogP contribution < -0.4 is 0 Å². The Balaban J connectivity index is 1.69. The van der Waals surface area contributed by atoms with E-state index in [-0.39, 0.29) is 6.10 Å². The fourth-order valence-corrected chi connectivity index (χ4v) is 6.58. The first-order chi connectivity index (χ1) is 14.0. The standard InChI is InChI=1S/C27H44O3/c1-18-8-12-22(28)17-21(18)11-10-20-7-6-16-27(5)23(13-14-24(20)27)19(2)9-15-25(29)26(3,4)30/h10-11,19,22-25,28-30H,1,6-9,12-17H2,2-5H3/b20-10+,21-11+/t19?,22?,23-,24+,25?,27-/m1/s1. The van der Waals surface area contributed by atoms with Gasteiger partial charge >= 0.3 is 0 Å². The van der Waals surface area contributed by atoms with Crippen LogP contribution in [0.15, 0.2) is 35.5 Å². The molecule has 3 N–H and O–H groups in total. The molecule has 0 aliphatic heterocycles. The maximum Gasteiger partial charge on any atom is 0.0849 e. The lowest BCUT2D eigenvalue weighted by Crippen LogP contribution is -2.38. The molecule has 3 rings (SSSR count). The van der Waals surface area contributed by atoms with E-state index in [2.05, 4.69) is 32.6 Å². The zero-order valence-electron chi connectivity index (χ0n) is 19.7. The Hall–Kier alpha value is -0.900. The highest BCUT2D eigenvalue weighted by Gasteiger charge is 2.50. The third kappa shape index (κ3) is 5.11. The first kappa shape index (κ1) is 23.8. The SMILES string of the molecule is C=C1CCC(O)C/C1=C\C=C1/CCC[C@]2(C)[C@@H](C(C)CCC(O)C(C)(C)O)CC[C@@H]12. The van der Waals surface area contributed by atoms with Crippen LogP contribution in [-0.2, 0) is 0 Å². The number of fused-ring (bicyclic) bond motifs is 1. The number of hydrogen-bond donors (Lipinski definition) is 3. The van der Waals surface area contributed by atoms with E-state index < -0.39 is 11.7 Å². The summed E-state index contributed by atoms with van der Waals surface area (Å²) in [6, 6.07) is 0. The van der Waals surface area contributed by atoms with E-state index in [0.29, 0.717) is 29.6 Å². The summed E-state index contributed by atoms with van der Waals surface area (Å²) < 4.78 is 0. The molecule has 0 spiro atoms. The zero-order chi connectivity index (χ0) is 22.1. The monoisotopic (exact) mass is 416 g/mol. The quantitative estimate of drug-likeness (QED) is 0.520. The van der Waals surface area contributed by atoms with Crippen molar-refractivity contribution in [2.24, 2.45) is 23.2 Å². The highest BCUT2D eigenvalue weighted by molar-refractivity contribution is 5.36.